The van der Waals surface area contributed by atoms with Gasteiger partial charge in [-0.05, 0) is 24.2 Å². The summed E-state index contributed by atoms with van der Waals surface area (Å²) in [5.41, 5.74) is 0. The van der Waals surface area contributed by atoms with Crippen molar-refractivity contribution in [3.63, 3.8) is 0 Å². The van der Waals surface area contributed by atoms with Crippen LogP contribution in [0.25, 0.3) is 0 Å². The number of nitrogens with zero attached hydrogens (tertiary/aromatic N) is 2. The highest BCUT2D eigenvalue weighted by molar-refractivity contribution is 5.74. The Kier molecular flexibility index (Phi) is 4.51. The molecule has 7 heteroatoms. The van der Waals surface area contributed by atoms with Crippen molar-refractivity contribution in [1.82, 2.24) is 10.6 Å². The van der Waals surface area contributed by atoms with Gasteiger partial charge in [0.2, 0.25) is 0 Å². The van der Waals surface area contributed by atoms with E-state index < -0.39 is 18.4 Å². The Hall–Kier alpha value is -1.53. The van der Waals surface area contributed by atoms with Crippen molar-refractivity contribution in [2.24, 2.45) is 10.4 Å². The van der Waals surface area contributed by atoms with Crippen molar-refractivity contribution in [3.8, 4) is 0 Å². The summed E-state index contributed by atoms with van der Waals surface area (Å²) in [7, 11) is 0. The van der Waals surface area contributed by atoms with E-state index in [1.165, 1.54) is 13.8 Å². The summed E-state index contributed by atoms with van der Waals surface area (Å²) in [5.74, 6) is 0. The number of hydrogen-bond acceptors (Lipinski definition) is 5. The zero-order valence-electron chi connectivity index (χ0n) is 6.77. The number of nitroso groups, excluding NO2 is 2. The molecule has 2 atom stereocenters. The summed E-state index contributed by atoms with van der Waals surface area (Å²) in [6, 6.07) is -0.644. The predicted octanol–water partition coefficient (Wildman–Crippen LogP) is 0.510. The van der Waals surface area contributed by atoms with Crippen LogP contribution in [0.2, 0.25) is 0 Å². The minimum atomic E-state index is -0.816. The lowest BCUT2D eigenvalue weighted by atomic mass is 10.5. The number of hydrogen-bond donors (Lipinski definition) is 2. The highest BCUT2D eigenvalue weighted by Crippen LogP contribution is 1.84. The van der Waals surface area contributed by atoms with E-state index in [1.54, 1.807) is 0 Å². The highest BCUT2D eigenvalue weighted by atomic mass is 16.3. The predicted molar refractivity (Wildman–Crippen MR) is 42.2 cm³/mol. The summed E-state index contributed by atoms with van der Waals surface area (Å²) >= 11 is 0. The summed E-state index contributed by atoms with van der Waals surface area (Å²) in [6.07, 6.45) is -1.63. The zero-order valence-corrected chi connectivity index (χ0v) is 6.77. The maximum atomic E-state index is 10.8. The summed E-state index contributed by atoms with van der Waals surface area (Å²) in [6.45, 7) is 2.82. The van der Waals surface area contributed by atoms with Crippen LogP contribution in [0.4, 0.5) is 4.79 Å². The first kappa shape index (κ1) is 10.5. The lowest BCUT2D eigenvalue weighted by molar-refractivity contribution is 0.235. The van der Waals surface area contributed by atoms with Crippen molar-refractivity contribution in [1.29, 1.82) is 0 Å². The van der Waals surface area contributed by atoms with Crippen LogP contribution in [0.15, 0.2) is 10.4 Å². The molecule has 0 rings (SSSR count). The fraction of sp³-hybridized carbons (Fsp3) is 0.800. The van der Waals surface area contributed by atoms with E-state index in [0.29, 0.717) is 0 Å². The van der Waals surface area contributed by atoms with Crippen molar-refractivity contribution < 1.29 is 4.79 Å². The van der Waals surface area contributed by atoms with Gasteiger partial charge in [0.15, 0.2) is 12.3 Å². The summed E-state index contributed by atoms with van der Waals surface area (Å²) in [5, 5.41) is 9.40. The molecule has 0 aromatic rings. The fourth-order valence-electron chi connectivity index (χ4n) is 0.474. The van der Waals surface area contributed by atoms with Crippen LogP contribution in [0.3, 0.4) is 0 Å². The molecule has 0 aromatic heterocycles. The van der Waals surface area contributed by atoms with Gasteiger partial charge in [0.25, 0.3) is 0 Å². The minimum Gasteiger partial charge on any atom is -0.313 e. The van der Waals surface area contributed by atoms with Crippen molar-refractivity contribution in [2.75, 3.05) is 0 Å². The van der Waals surface area contributed by atoms with E-state index in [4.69, 9.17) is 0 Å². The molecule has 12 heavy (non-hydrogen) atoms. The third kappa shape index (κ3) is 4.31. The first-order chi connectivity index (χ1) is 5.60. The fourth-order valence-corrected chi connectivity index (χ4v) is 0.474. The zero-order chi connectivity index (χ0) is 9.56. The standard InChI is InChI=1S/C5H10N4O3/c1-3(8-11)6-5(10)7-4(2)9-12/h3-4H,1-2H3,(H2,6,7,10). The van der Waals surface area contributed by atoms with Crippen LogP contribution in [-0.2, 0) is 0 Å². The van der Waals surface area contributed by atoms with E-state index in [2.05, 4.69) is 21.0 Å². The summed E-state index contributed by atoms with van der Waals surface area (Å²) < 4.78 is 0. The molecule has 2 N–H and O–H groups in total. The quantitative estimate of drug-likeness (QED) is 0.607. The Balaban J connectivity index is 3.73. The van der Waals surface area contributed by atoms with Crippen LogP contribution < -0.4 is 10.6 Å². The van der Waals surface area contributed by atoms with E-state index in [9.17, 15) is 14.6 Å². The van der Waals surface area contributed by atoms with Crippen LogP contribution >= 0.6 is 0 Å². The van der Waals surface area contributed by atoms with Gasteiger partial charge in [-0.25, -0.2) is 4.79 Å². The maximum absolute atomic E-state index is 10.8. The lowest BCUT2D eigenvalue weighted by Crippen LogP contribution is -2.43. The molecule has 0 saturated heterocycles. The Morgan fingerprint density at radius 1 is 1.08 bits per heavy atom. The Morgan fingerprint density at radius 3 is 1.67 bits per heavy atom. The van der Waals surface area contributed by atoms with Gasteiger partial charge in [-0.15, -0.1) is 9.81 Å². The highest BCUT2D eigenvalue weighted by Gasteiger charge is 2.08. The van der Waals surface area contributed by atoms with Gasteiger partial charge in [-0.2, -0.15) is 0 Å². The minimum absolute atomic E-state index is 0.644. The third-order valence-electron chi connectivity index (χ3n) is 0.996. The Morgan fingerprint density at radius 2 is 1.42 bits per heavy atom. The van der Waals surface area contributed by atoms with Crippen LogP contribution in [-0.4, -0.2) is 18.4 Å². The summed E-state index contributed by atoms with van der Waals surface area (Å²) in [4.78, 5) is 30.4. The van der Waals surface area contributed by atoms with Crippen molar-refractivity contribution in [3.05, 3.63) is 9.81 Å². The third-order valence-corrected chi connectivity index (χ3v) is 0.996. The van der Waals surface area contributed by atoms with Gasteiger partial charge < -0.3 is 10.6 Å². The normalized spacial score (nSPS) is 14.2. The molecule has 0 aliphatic carbocycles. The van der Waals surface area contributed by atoms with Crippen molar-refractivity contribution >= 4 is 6.03 Å². The Bertz CT molecular complexity index is 166. The largest absolute Gasteiger partial charge is 0.318 e. The van der Waals surface area contributed by atoms with E-state index in [0.717, 1.165) is 0 Å². The second-order valence-electron chi connectivity index (χ2n) is 2.18. The van der Waals surface area contributed by atoms with Gasteiger partial charge in [-0.1, -0.05) is 0 Å². The second-order valence-corrected chi connectivity index (χ2v) is 2.18. The topological polar surface area (TPSA) is 100.0 Å². The Labute approximate surface area is 68.8 Å². The molecule has 0 spiro atoms. The molecule has 0 aromatic carbocycles. The lowest BCUT2D eigenvalue weighted by Gasteiger charge is -2.08. The van der Waals surface area contributed by atoms with Crippen LogP contribution in [0.1, 0.15) is 13.8 Å². The monoisotopic (exact) mass is 174 g/mol. The number of urea groups is 1. The van der Waals surface area contributed by atoms with E-state index >= 15 is 0 Å². The first-order valence-electron chi connectivity index (χ1n) is 3.32. The van der Waals surface area contributed by atoms with Gasteiger partial charge >= 0.3 is 6.03 Å². The van der Waals surface area contributed by atoms with Crippen LogP contribution in [0.5, 0.6) is 0 Å². The number of amides is 2. The second kappa shape index (κ2) is 5.16. The van der Waals surface area contributed by atoms with Crippen LogP contribution in [0, 0.1) is 9.81 Å². The maximum Gasteiger partial charge on any atom is 0.318 e. The van der Waals surface area contributed by atoms with Crippen molar-refractivity contribution in [2.45, 2.75) is 26.2 Å². The van der Waals surface area contributed by atoms with Gasteiger partial charge in [0.05, 0.1) is 0 Å². The molecule has 68 valence electrons. The van der Waals surface area contributed by atoms with Gasteiger partial charge in [0, 0.05) is 0 Å². The molecule has 0 fully saturated rings. The number of nitrogens with one attached hydrogen (secondary N) is 2. The van der Waals surface area contributed by atoms with E-state index in [-0.39, 0.29) is 0 Å². The first-order valence-corrected chi connectivity index (χ1v) is 3.32. The number of rotatable bonds is 4. The molecule has 2 unspecified atom stereocenters. The average Bonchev–Trinajstić information content (AvgIpc) is 2.03. The van der Waals surface area contributed by atoms with E-state index in [1.807, 2.05) is 0 Å². The molecule has 0 aliphatic rings. The molecule has 0 saturated carbocycles. The molecule has 0 radical (unpaired) electrons. The number of carbonyl (C=O) groups excluding carboxylic acids is 1. The number of carbonyl (C=O) groups is 1. The molecular formula is C5H10N4O3. The van der Waals surface area contributed by atoms with Gasteiger partial charge in [0.1, 0.15) is 0 Å². The average molecular weight is 174 g/mol. The van der Waals surface area contributed by atoms with Gasteiger partial charge in [-0.3, -0.25) is 0 Å². The molecule has 0 heterocycles. The molecule has 7 nitrogen and oxygen atoms in total. The molecular weight excluding hydrogens is 164 g/mol. The SMILES string of the molecule is CC(N=O)NC(=O)NC(C)N=O. The smallest absolute Gasteiger partial charge is 0.313 e. The molecule has 0 aliphatic heterocycles. The molecule has 2 amide bonds. The molecule has 0 bridgehead atoms.